The third kappa shape index (κ3) is 2.70. The van der Waals surface area contributed by atoms with Gasteiger partial charge < -0.3 is 0 Å². The number of carbonyl (C=O) groups is 1. The molecule has 1 heterocycles. The number of hydrogen-bond donors (Lipinski definition) is 0. The molecule has 0 atom stereocenters. The van der Waals surface area contributed by atoms with Crippen LogP contribution in [-0.4, -0.2) is 10.8 Å². The lowest BCUT2D eigenvalue weighted by Crippen LogP contribution is -2.02. The highest BCUT2D eigenvalue weighted by atomic mass is 16.1. The topological polar surface area (TPSA) is 30.0 Å². The van der Waals surface area contributed by atoms with Gasteiger partial charge in [0.2, 0.25) is 0 Å². The fourth-order valence-corrected chi connectivity index (χ4v) is 1.92. The number of carbonyl (C=O) groups excluding carboxylic acids is 1. The minimum atomic E-state index is 0.232. The second-order valence-corrected chi connectivity index (χ2v) is 4.76. The first-order chi connectivity index (χ1) is 8.18. The minimum absolute atomic E-state index is 0.232. The summed E-state index contributed by atoms with van der Waals surface area (Å²) in [5.74, 6) is 0.797. The number of hydrogen-bond acceptors (Lipinski definition) is 2. The van der Waals surface area contributed by atoms with Crippen LogP contribution in [0.1, 0.15) is 37.0 Å². The van der Waals surface area contributed by atoms with Gasteiger partial charge in [0.1, 0.15) is 0 Å². The first-order valence-corrected chi connectivity index (χ1v) is 6.04. The summed E-state index contributed by atoms with van der Waals surface area (Å²) >= 11 is 0. The molecule has 0 aliphatic heterocycles. The first-order valence-electron chi connectivity index (χ1n) is 6.04. The van der Waals surface area contributed by atoms with E-state index in [0.29, 0.717) is 12.3 Å². The van der Waals surface area contributed by atoms with Crippen molar-refractivity contribution in [3.05, 3.63) is 42.2 Å². The van der Waals surface area contributed by atoms with Gasteiger partial charge in [0.05, 0.1) is 0 Å². The van der Waals surface area contributed by atoms with Gasteiger partial charge in [0.25, 0.3) is 0 Å². The number of aromatic nitrogens is 1. The van der Waals surface area contributed by atoms with Gasteiger partial charge in [-0.25, -0.2) is 0 Å². The Bertz CT molecular complexity index is 526. The summed E-state index contributed by atoms with van der Waals surface area (Å²) in [6, 6.07) is 7.73. The van der Waals surface area contributed by atoms with Crippen molar-refractivity contribution in [2.24, 2.45) is 5.92 Å². The molecular weight excluding hydrogens is 210 g/mol. The number of ketones is 1. The summed E-state index contributed by atoms with van der Waals surface area (Å²) in [5.41, 5.74) is 0.825. The lowest BCUT2D eigenvalue weighted by atomic mass is 9.97. The molecule has 0 fully saturated rings. The van der Waals surface area contributed by atoms with Crippen molar-refractivity contribution in [2.45, 2.75) is 26.7 Å². The molecule has 17 heavy (non-hydrogen) atoms. The maximum atomic E-state index is 12.1. The predicted molar refractivity (Wildman–Crippen MR) is 70.1 cm³/mol. The van der Waals surface area contributed by atoms with E-state index in [0.717, 1.165) is 22.8 Å². The molecule has 0 spiro atoms. The van der Waals surface area contributed by atoms with E-state index in [1.165, 1.54) is 0 Å². The Hall–Kier alpha value is -1.70. The summed E-state index contributed by atoms with van der Waals surface area (Å²) in [5, 5.41) is 2.04. The highest BCUT2D eigenvalue weighted by Gasteiger charge is 2.10. The zero-order valence-corrected chi connectivity index (χ0v) is 10.3. The van der Waals surface area contributed by atoms with Crippen molar-refractivity contribution >= 4 is 16.6 Å². The van der Waals surface area contributed by atoms with E-state index in [9.17, 15) is 4.79 Å². The van der Waals surface area contributed by atoms with E-state index in [2.05, 4.69) is 18.8 Å². The lowest BCUT2D eigenvalue weighted by molar-refractivity contribution is 0.0977. The third-order valence-corrected chi connectivity index (χ3v) is 2.93. The summed E-state index contributed by atoms with van der Waals surface area (Å²) in [6.45, 7) is 4.28. The molecule has 2 rings (SSSR count). The van der Waals surface area contributed by atoms with Gasteiger partial charge in [-0.15, -0.1) is 0 Å². The summed E-state index contributed by atoms with van der Waals surface area (Å²) in [6.07, 6.45) is 5.11. The molecular formula is C15H17NO. The van der Waals surface area contributed by atoms with Gasteiger partial charge in [-0.1, -0.05) is 32.0 Å². The predicted octanol–water partition coefficient (Wildman–Crippen LogP) is 3.85. The van der Waals surface area contributed by atoms with Crippen LogP contribution >= 0.6 is 0 Å². The Morgan fingerprint density at radius 2 is 2.12 bits per heavy atom. The van der Waals surface area contributed by atoms with Gasteiger partial charge in [0.15, 0.2) is 5.78 Å². The Labute approximate surface area is 102 Å². The van der Waals surface area contributed by atoms with Crippen molar-refractivity contribution in [1.82, 2.24) is 4.98 Å². The molecule has 0 radical (unpaired) electrons. The standard InChI is InChI=1S/C15H17NO/c1-11(2)6-7-15(17)14-5-3-4-12-10-16-9-8-13(12)14/h3-5,8-11H,6-7H2,1-2H3. The van der Waals surface area contributed by atoms with Crippen LogP contribution < -0.4 is 0 Å². The van der Waals surface area contributed by atoms with Crippen molar-refractivity contribution < 1.29 is 4.79 Å². The van der Waals surface area contributed by atoms with Crippen molar-refractivity contribution in [1.29, 1.82) is 0 Å². The maximum Gasteiger partial charge on any atom is 0.163 e. The smallest absolute Gasteiger partial charge is 0.163 e. The second kappa shape index (κ2) is 5.09. The normalized spacial score (nSPS) is 11.0. The summed E-state index contributed by atoms with van der Waals surface area (Å²) in [4.78, 5) is 16.2. The van der Waals surface area contributed by atoms with Gasteiger partial charge in [-0.05, 0) is 23.8 Å². The van der Waals surface area contributed by atoms with Crippen LogP contribution in [0.5, 0.6) is 0 Å². The fraction of sp³-hybridized carbons (Fsp3) is 0.333. The SMILES string of the molecule is CC(C)CCC(=O)c1cccc2cnccc12. The molecule has 88 valence electrons. The van der Waals surface area contributed by atoms with Gasteiger partial charge in [-0.2, -0.15) is 0 Å². The quantitative estimate of drug-likeness (QED) is 0.742. The van der Waals surface area contributed by atoms with E-state index in [1.807, 2.05) is 24.3 Å². The largest absolute Gasteiger partial charge is 0.294 e. The molecule has 0 unspecified atom stereocenters. The Balaban J connectivity index is 2.32. The van der Waals surface area contributed by atoms with Crippen molar-refractivity contribution in [3.63, 3.8) is 0 Å². The Morgan fingerprint density at radius 3 is 2.88 bits per heavy atom. The molecule has 0 amide bonds. The number of fused-ring (bicyclic) bond motifs is 1. The fourth-order valence-electron chi connectivity index (χ4n) is 1.92. The van der Waals surface area contributed by atoms with Crippen LogP contribution in [0, 0.1) is 5.92 Å². The number of nitrogens with zero attached hydrogens (tertiary/aromatic N) is 1. The Morgan fingerprint density at radius 1 is 1.29 bits per heavy atom. The molecule has 0 saturated heterocycles. The number of rotatable bonds is 4. The van der Waals surface area contributed by atoms with Crippen molar-refractivity contribution in [2.75, 3.05) is 0 Å². The second-order valence-electron chi connectivity index (χ2n) is 4.76. The molecule has 0 bridgehead atoms. The van der Waals surface area contributed by atoms with Crippen LogP contribution in [0.15, 0.2) is 36.7 Å². The zero-order chi connectivity index (χ0) is 12.3. The average molecular weight is 227 g/mol. The van der Waals surface area contributed by atoms with E-state index in [4.69, 9.17) is 0 Å². The Kier molecular flexibility index (Phi) is 3.52. The third-order valence-electron chi connectivity index (χ3n) is 2.93. The van der Waals surface area contributed by atoms with Crippen LogP contribution in [0.4, 0.5) is 0 Å². The summed E-state index contributed by atoms with van der Waals surface area (Å²) in [7, 11) is 0. The highest BCUT2D eigenvalue weighted by molar-refractivity contribution is 6.07. The molecule has 0 aliphatic carbocycles. The van der Waals surface area contributed by atoms with Gasteiger partial charge in [-0.3, -0.25) is 9.78 Å². The lowest BCUT2D eigenvalue weighted by Gasteiger charge is -2.06. The molecule has 2 heteroatoms. The van der Waals surface area contributed by atoms with E-state index >= 15 is 0 Å². The monoisotopic (exact) mass is 227 g/mol. The molecule has 2 nitrogen and oxygen atoms in total. The van der Waals surface area contributed by atoms with Crippen LogP contribution in [0.2, 0.25) is 0 Å². The maximum absolute atomic E-state index is 12.1. The highest BCUT2D eigenvalue weighted by Crippen LogP contribution is 2.20. The zero-order valence-electron chi connectivity index (χ0n) is 10.3. The molecule has 0 aliphatic rings. The van der Waals surface area contributed by atoms with E-state index in [-0.39, 0.29) is 5.78 Å². The minimum Gasteiger partial charge on any atom is -0.294 e. The molecule has 1 aromatic heterocycles. The van der Waals surface area contributed by atoms with E-state index < -0.39 is 0 Å². The average Bonchev–Trinajstić information content (AvgIpc) is 2.35. The van der Waals surface area contributed by atoms with Crippen LogP contribution in [0.3, 0.4) is 0 Å². The molecule has 0 saturated carbocycles. The van der Waals surface area contributed by atoms with Crippen molar-refractivity contribution in [3.8, 4) is 0 Å². The van der Waals surface area contributed by atoms with Crippen LogP contribution in [0.25, 0.3) is 10.8 Å². The molecule has 0 N–H and O–H groups in total. The van der Waals surface area contributed by atoms with E-state index in [1.54, 1.807) is 12.4 Å². The molecule has 2 aromatic rings. The number of pyridine rings is 1. The molecule has 1 aromatic carbocycles. The van der Waals surface area contributed by atoms with Gasteiger partial charge in [0, 0.05) is 29.8 Å². The first kappa shape index (κ1) is 11.8. The summed E-state index contributed by atoms with van der Waals surface area (Å²) < 4.78 is 0. The number of Topliss-reactive ketones (excluding diaryl/α,β-unsaturated/α-hetero) is 1. The van der Waals surface area contributed by atoms with Gasteiger partial charge >= 0.3 is 0 Å². The number of benzene rings is 1. The van der Waals surface area contributed by atoms with Crippen LogP contribution in [-0.2, 0) is 0 Å².